The van der Waals surface area contributed by atoms with E-state index < -0.39 is 41.8 Å². The first-order chi connectivity index (χ1) is 16.3. The molecule has 2 aromatic carbocycles. The standard InChI is InChI=1S/C25H27FN4O4/c1-3-4-13-25(17-9-11-18(26)12-10-17)23(33)29(24(34)28-25)15-22(32)30-16(2)14-21(31)27-19-7-5-6-8-20(19)30/h5-12,16H,3-4,13-15H2,1-2H3,(H,27,31)(H,28,34). The predicted octanol–water partition coefficient (Wildman–Crippen LogP) is 3.53. The zero-order valence-corrected chi connectivity index (χ0v) is 19.1. The van der Waals surface area contributed by atoms with Crippen molar-refractivity contribution in [1.29, 1.82) is 0 Å². The third-order valence-corrected chi connectivity index (χ3v) is 6.34. The third kappa shape index (κ3) is 4.13. The minimum absolute atomic E-state index is 0.0799. The second-order valence-electron chi connectivity index (χ2n) is 8.72. The zero-order chi connectivity index (χ0) is 24.5. The molecule has 0 spiro atoms. The molecule has 0 aromatic heterocycles. The normalized spacial score (nSPS) is 22.2. The Morgan fingerprint density at radius 2 is 1.82 bits per heavy atom. The Kier molecular flexibility index (Phi) is 6.37. The van der Waals surface area contributed by atoms with Gasteiger partial charge in [-0.25, -0.2) is 9.18 Å². The monoisotopic (exact) mass is 466 g/mol. The van der Waals surface area contributed by atoms with Gasteiger partial charge in [0.15, 0.2) is 0 Å². The molecule has 1 saturated heterocycles. The first-order valence-corrected chi connectivity index (χ1v) is 11.4. The summed E-state index contributed by atoms with van der Waals surface area (Å²) in [5.41, 5.74) is 0.111. The van der Waals surface area contributed by atoms with Gasteiger partial charge < -0.3 is 15.5 Å². The number of hydrogen-bond donors (Lipinski definition) is 2. The van der Waals surface area contributed by atoms with Crippen molar-refractivity contribution in [1.82, 2.24) is 10.2 Å². The van der Waals surface area contributed by atoms with Crippen LogP contribution in [0.2, 0.25) is 0 Å². The molecule has 2 heterocycles. The predicted molar refractivity (Wildman–Crippen MR) is 124 cm³/mol. The first kappa shape index (κ1) is 23.4. The average molecular weight is 467 g/mol. The number of halogens is 1. The van der Waals surface area contributed by atoms with Crippen LogP contribution in [-0.2, 0) is 19.9 Å². The van der Waals surface area contributed by atoms with Crippen LogP contribution in [0.15, 0.2) is 48.5 Å². The van der Waals surface area contributed by atoms with E-state index in [2.05, 4.69) is 10.6 Å². The zero-order valence-electron chi connectivity index (χ0n) is 19.1. The van der Waals surface area contributed by atoms with E-state index in [0.29, 0.717) is 29.8 Å². The quantitative estimate of drug-likeness (QED) is 0.637. The van der Waals surface area contributed by atoms with Gasteiger partial charge >= 0.3 is 6.03 Å². The average Bonchev–Trinajstić information content (AvgIpc) is 2.95. The number of carbonyl (C=O) groups excluding carboxylic acids is 4. The Morgan fingerprint density at radius 1 is 1.12 bits per heavy atom. The van der Waals surface area contributed by atoms with Crippen molar-refractivity contribution in [3.63, 3.8) is 0 Å². The fraction of sp³-hybridized carbons (Fsp3) is 0.360. The molecule has 2 aliphatic rings. The Labute approximate surface area is 197 Å². The van der Waals surface area contributed by atoms with Crippen molar-refractivity contribution in [2.45, 2.75) is 51.1 Å². The van der Waals surface area contributed by atoms with Crippen LogP contribution in [-0.4, -0.2) is 41.2 Å². The van der Waals surface area contributed by atoms with Gasteiger partial charge in [-0.05, 0) is 43.2 Å². The number of imide groups is 1. The molecule has 0 saturated carbocycles. The van der Waals surface area contributed by atoms with Crippen LogP contribution < -0.4 is 15.5 Å². The molecule has 2 aliphatic heterocycles. The van der Waals surface area contributed by atoms with E-state index in [-0.39, 0.29) is 12.3 Å². The molecule has 5 amide bonds. The Morgan fingerprint density at radius 3 is 2.53 bits per heavy atom. The van der Waals surface area contributed by atoms with Crippen LogP contribution in [0.5, 0.6) is 0 Å². The molecule has 9 heteroatoms. The van der Waals surface area contributed by atoms with Gasteiger partial charge in [0.25, 0.3) is 5.91 Å². The maximum Gasteiger partial charge on any atom is 0.325 e. The van der Waals surface area contributed by atoms with Crippen molar-refractivity contribution in [2.24, 2.45) is 0 Å². The molecule has 0 bridgehead atoms. The molecule has 0 radical (unpaired) electrons. The maximum atomic E-state index is 13.6. The van der Waals surface area contributed by atoms with Crippen LogP contribution in [0.4, 0.5) is 20.6 Å². The minimum Gasteiger partial charge on any atom is -0.324 e. The van der Waals surface area contributed by atoms with Crippen LogP contribution in [0.1, 0.15) is 45.1 Å². The summed E-state index contributed by atoms with van der Waals surface area (Å²) < 4.78 is 13.5. The lowest BCUT2D eigenvalue weighted by Gasteiger charge is -2.30. The van der Waals surface area contributed by atoms with Gasteiger partial charge in [-0.1, -0.05) is 44.0 Å². The lowest BCUT2D eigenvalue weighted by molar-refractivity contribution is -0.135. The highest BCUT2D eigenvalue weighted by atomic mass is 19.1. The summed E-state index contributed by atoms with van der Waals surface area (Å²) in [5, 5.41) is 5.56. The van der Waals surface area contributed by atoms with Gasteiger partial charge in [0.2, 0.25) is 11.8 Å². The number of fused-ring (bicyclic) bond motifs is 1. The third-order valence-electron chi connectivity index (χ3n) is 6.34. The molecule has 178 valence electrons. The van der Waals surface area contributed by atoms with Gasteiger partial charge in [0.1, 0.15) is 17.9 Å². The van der Waals surface area contributed by atoms with E-state index in [0.717, 1.165) is 11.3 Å². The number of anilines is 2. The smallest absolute Gasteiger partial charge is 0.324 e. The molecule has 34 heavy (non-hydrogen) atoms. The molecule has 0 aliphatic carbocycles. The highest BCUT2D eigenvalue weighted by molar-refractivity contribution is 6.12. The minimum atomic E-state index is -1.36. The SMILES string of the molecule is CCCCC1(c2ccc(F)cc2)NC(=O)N(CC(=O)N2c3ccccc3NC(=O)CC2C)C1=O. The molecule has 2 atom stereocenters. The Bertz CT molecular complexity index is 1140. The maximum absolute atomic E-state index is 13.6. The number of hydrogen-bond acceptors (Lipinski definition) is 4. The number of benzene rings is 2. The Hall–Kier alpha value is -3.75. The topological polar surface area (TPSA) is 98.8 Å². The van der Waals surface area contributed by atoms with E-state index in [1.807, 2.05) is 6.92 Å². The summed E-state index contributed by atoms with van der Waals surface area (Å²) in [6, 6.07) is 11.2. The van der Waals surface area contributed by atoms with Gasteiger partial charge in [-0.15, -0.1) is 0 Å². The molecule has 2 aromatic rings. The van der Waals surface area contributed by atoms with E-state index in [4.69, 9.17) is 0 Å². The van der Waals surface area contributed by atoms with E-state index >= 15 is 0 Å². The van der Waals surface area contributed by atoms with Gasteiger partial charge in [-0.2, -0.15) is 0 Å². The lowest BCUT2D eigenvalue weighted by atomic mass is 9.85. The number of unbranched alkanes of at least 4 members (excludes halogenated alkanes) is 1. The summed E-state index contributed by atoms with van der Waals surface area (Å²) in [5.74, 6) is -1.70. The summed E-state index contributed by atoms with van der Waals surface area (Å²) in [6.07, 6.45) is 1.84. The highest BCUT2D eigenvalue weighted by Gasteiger charge is 2.52. The number of amides is 5. The van der Waals surface area contributed by atoms with Gasteiger partial charge in [0, 0.05) is 12.5 Å². The molecule has 8 nitrogen and oxygen atoms in total. The van der Waals surface area contributed by atoms with E-state index in [9.17, 15) is 23.6 Å². The lowest BCUT2D eigenvalue weighted by Crippen LogP contribution is -2.48. The molecular weight excluding hydrogens is 439 g/mol. The molecular formula is C25H27FN4O4. The van der Waals surface area contributed by atoms with Crippen molar-refractivity contribution in [3.8, 4) is 0 Å². The number of para-hydroxylation sites is 2. The fourth-order valence-electron chi connectivity index (χ4n) is 4.63. The molecule has 2 unspecified atom stereocenters. The second kappa shape index (κ2) is 9.24. The second-order valence-corrected chi connectivity index (χ2v) is 8.72. The van der Waals surface area contributed by atoms with Gasteiger partial charge in [0.05, 0.1) is 11.4 Å². The highest BCUT2D eigenvalue weighted by Crippen LogP contribution is 2.35. The molecule has 1 fully saturated rings. The van der Waals surface area contributed by atoms with Crippen LogP contribution in [0.3, 0.4) is 0 Å². The molecule has 2 N–H and O–H groups in total. The van der Waals surface area contributed by atoms with E-state index in [1.54, 1.807) is 31.2 Å². The van der Waals surface area contributed by atoms with Crippen LogP contribution in [0, 0.1) is 5.82 Å². The van der Waals surface area contributed by atoms with Crippen molar-refractivity contribution in [3.05, 3.63) is 59.9 Å². The number of carbonyl (C=O) groups is 4. The number of nitrogens with zero attached hydrogens (tertiary/aromatic N) is 2. The largest absolute Gasteiger partial charge is 0.325 e. The van der Waals surface area contributed by atoms with Crippen LogP contribution >= 0.6 is 0 Å². The van der Waals surface area contributed by atoms with E-state index in [1.165, 1.54) is 29.2 Å². The fourth-order valence-corrected chi connectivity index (χ4v) is 4.63. The van der Waals surface area contributed by atoms with Gasteiger partial charge in [-0.3, -0.25) is 19.3 Å². The molecule has 4 rings (SSSR count). The summed E-state index contributed by atoms with van der Waals surface area (Å²) in [4.78, 5) is 54.6. The number of nitrogens with one attached hydrogen (secondary N) is 2. The Balaban J connectivity index is 1.64. The summed E-state index contributed by atoms with van der Waals surface area (Å²) >= 11 is 0. The van der Waals surface area contributed by atoms with Crippen molar-refractivity contribution < 1.29 is 23.6 Å². The number of rotatable bonds is 6. The van der Waals surface area contributed by atoms with Crippen molar-refractivity contribution >= 4 is 35.1 Å². The summed E-state index contributed by atoms with van der Waals surface area (Å²) in [6.45, 7) is 3.23. The number of urea groups is 1. The first-order valence-electron chi connectivity index (χ1n) is 11.4. The van der Waals surface area contributed by atoms with Crippen molar-refractivity contribution in [2.75, 3.05) is 16.8 Å². The van der Waals surface area contributed by atoms with Crippen LogP contribution in [0.25, 0.3) is 0 Å². The summed E-state index contributed by atoms with van der Waals surface area (Å²) in [7, 11) is 0.